The van der Waals surface area contributed by atoms with Crippen molar-refractivity contribution in [2.24, 2.45) is 0 Å². The van der Waals surface area contributed by atoms with Crippen molar-refractivity contribution in [3.63, 3.8) is 0 Å². The second-order valence-electron chi connectivity index (χ2n) is 7.21. The summed E-state index contributed by atoms with van der Waals surface area (Å²) < 4.78 is 7.43. The molecule has 4 rings (SSSR count). The number of hydrogen-bond acceptors (Lipinski definition) is 7. The SMILES string of the molecule is CCCn1c(SCC(=O)Nc2sc3c(c2C#N)CCCC3)nnc1-c1ccoc1C. The Hall–Kier alpha value is -2.57. The molecule has 0 saturated carbocycles. The van der Waals surface area contributed by atoms with Gasteiger partial charge in [-0.3, -0.25) is 4.79 Å². The summed E-state index contributed by atoms with van der Waals surface area (Å²) in [5.74, 6) is 1.62. The van der Waals surface area contributed by atoms with Crippen molar-refractivity contribution in [3.05, 3.63) is 34.1 Å². The Kier molecular flexibility index (Phi) is 6.25. The molecule has 1 amide bonds. The first-order valence-electron chi connectivity index (χ1n) is 10.1. The molecule has 0 saturated heterocycles. The maximum Gasteiger partial charge on any atom is 0.235 e. The van der Waals surface area contributed by atoms with Gasteiger partial charge in [0.15, 0.2) is 11.0 Å². The van der Waals surface area contributed by atoms with Crippen LogP contribution in [0.15, 0.2) is 21.9 Å². The molecular weight excluding hydrogens is 418 g/mol. The van der Waals surface area contributed by atoms with Crippen LogP contribution in [0.1, 0.15) is 48.0 Å². The van der Waals surface area contributed by atoms with Gasteiger partial charge in [-0.25, -0.2) is 0 Å². The summed E-state index contributed by atoms with van der Waals surface area (Å²) in [5.41, 5.74) is 2.68. The maximum atomic E-state index is 12.6. The van der Waals surface area contributed by atoms with Crippen LogP contribution in [0.4, 0.5) is 5.00 Å². The highest BCUT2D eigenvalue weighted by Crippen LogP contribution is 2.37. The molecule has 9 heteroatoms. The minimum absolute atomic E-state index is 0.137. The van der Waals surface area contributed by atoms with Crippen molar-refractivity contribution in [1.29, 1.82) is 5.26 Å². The van der Waals surface area contributed by atoms with Crippen molar-refractivity contribution in [2.45, 2.75) is 57.7 Å². The molecule has 0 unspecified atom stereocenters. The van der Waals surface area contributed by atoms with E-state index in [2.05, 4.69) is 28.5 Å². The van der Waals surface area contributed by atoms with Gasteiger partial charge in [-0.05, 0) is 50.7 Å². The summed E-state index contributed by atoms with van der Waals surface area (Å²) in [7, 11) is 0. The summed E-state index contributed by atoms with van der Waals surface area (Å²) in [4.78, 5) is 13.9. The van der Waals surface area contributed by atoms with Gasteiger partial charge in [0.25, 0.3) is 0 Å². The first-order valence-corrected chi connectivity index (χ1v) is 11.9. The minimum Gasteiger partial charge on any atom is -0.469 e. The lowest BCUT2D eigenvalue weighted by atomic mass is 9.96. The summed E-state index contributed by atoms with van der Waals surface area (Å²) in [5, 5.41) is 22.5. The number of hydrogen-bond donors (Lipinski definition) is 1. The van der Waals surface area contributed by atoms with Gasteiger partial charge in [0.2, 0.25) is 5.91 Å². The number of thioether (sulfide) groups is 1. The van der Waals surface area contributed by atoms with Crippen LogP contribution in [0.2, 0.25) is 0 Å². The molecule has 0 aliphatic heterocycles. The lowest BCUT2D eigenvalue weighted by molar-refractivity contribution is -0.113. The van der Waals surface area contributed by atoms with Crippen LogP contribution >= 0.6 is 23.1 Å². The number of aromatic nitrogens is 3. The first kappa shape index (κ1) is 20.7. The molecule has 0 atom stereocenters. The van der Waals surface area contributed by atoms with Crippen LogP contribution in [0.25, 0.3) is 11.4 Å². The Morgan fingerprint density at radius 2 is 2.23 bits per heavy atom. The number of nitriles is 1. The molecule has 7 nitrogen and oxygen atoms in total. The normalized spacial score (nSPS) is 13.1. The third-order valence-electron chi connectivity index (χ3n) is 5.13. The zero-order chi connectivity index (χ0) is 21.1. The molecule has 0 spiro atoms. The summed E-state index contributed by atoms with van der Waals surface area (Å²) >= 11 is 2.90. The molecular formula is C21H23N5O2S2. The molecule has 0 bridgehead atoms. The van der Waals surface area contributed by atoms with E-state index in [1.54, 1.807) is 17.6 Å². The average Bonchev–Trinajstić information content (AvgIpc) is 3.43. The lowest BCUT2D eigenvalue weighted by Gasteiger charge is -2.09. The fourth-order valence-corrected chi connectivity index (χ4v) is 5.72. The number of thiophene rings is 1. The van der Waals surface area contributed by atoms with Crippen LogP contribution in [-0.4, -0.2) is 26.4 Å². The molecule has 1 aliphatic carbocycles. The number of furan rings is 1. The lowest BCUT2D eigenvalue weighted by Crippen LogP contribution is -2.14. The molecule has 30 heavy (non-hydrogen) atoms. The van der Waals surface area contributed by atoms with Crippen LogP contribution in [-0.2, 0) is 24.2 Å². The number of carbonyl (C=O) groups is 1. The van der Waals surface area contributed by atoms with Gasteiger partial charge in [0.1, 0.15) is 16.8 Å². The number of fused-ring (bicyclic) bond motifs is 1. The molecule has 0 radical (unpaired) electrons. The zero-order valence-electron chi connectivity index (χ0n) is 17.0. The Bertz CT molecular complexity index is 1110. The number of amides is 1. The first-order chi connectivity index (χ1) is 14.6. The number of anilines is 1. The van der Waals surface area contributed by atoms with Crippen LogP contribution in [0.3, 0.4) is 0 Å². The molecule has 1 aliphatic rings. The Labute approximate surface area is 183 Å². The molecule has 0 fully saturated rings. The molecule has 0 aromatic carbocycles. The monoisotopic (exact) mass is 441 g/mol. The Morgan fingerprint density at radius 1 is 1.40 bits per heavy atom. The average molecular weight is 442 g/mol. The predicted molar refractivity (Wildman–Crippen MR) is 118 cm³/mol. The van der Waals surface area contributed by atoms with Gasteiger partial charge < -0.3 is 14.3 Å². The van der Waals surface area contributed by atoms with Crippen molar-refractivity contribution < 1.29 is 9.21 Å². The second-order valence-corrected chi connectivity index (χ2v) is 9.26. The number of nitrogens with one attached hydrogen (secondary N) is 1. The third kappa shape index (κ3) is 4.02. The number of nitrogens with zero attached hydrogens (tertiary/aromatic N) is 4. The number of rotatable bonds is 7. The quantitative estimate of drug-likeness (QED) is 0.529. The van der Waals surface area contributed by atoms with Gasteiger partial charge in [0.05, 0.1) is 23.1 Å². The Balaban J connectivity index is 1.47. The van der Waals surface area contributed by atoms with Gasteiger partial charge >= 0.3 is 0 Å². The molecule has 3 aromatic rings. The van der Waals surface area contributed by atoms with Gasteiger partial charge in [-0.2, -0.15) is 5.26 Å². The van der Waals surface area contributed by atoms with E-state index in [1.165, 1.54) is 16.6 Å². The van der Waals surface area contributed by atoms with Crippen molar-refractivity contribution in [3.8, 4) is 17.5 Å². The van der Waals surface area contributed by atoms with Crippen molar-refractivity contribution in [2.75, 3.05) is 11.1 Å². The van der Waals surface area contributed by atoms with E-state index in [4.69, 9.17) is 4.42 Å². The fraction of sp³-hybridized carbons (Fsp3) is 0.429. The van der Waals surface area contributed by atoms with Crippen molar-refractivity contribution in [1.82, 2.24) is 14.8 Å². The predicted octanol–water partition coefficient (Wildman–Crippen LogP) is 4.80. The summed E-state index contributed by atoms with van der Waals surface area (Å²) in [6.45, 7) is 4.75. The maximum absolute atomic E-state index is 12.6. The van der Waals surface area contributed by atoms with Crippen LogP contribution in [0, 0.1) is 18.3 Å². The molecule has 3 heterocycles. The van der Waals surface area contributed by atoms with E-state index in [1.807, 2.05) is 17.6 Å². The molecule has 3 aromatic heterocycles. The van der Waals surface area contributed by atoms with Crippen LogP contribution < -0.4 is 5.32 Å². The van der Waals surface area contributed by atoms with Crippen LogP contribution in [0.5, 0.6) is 0 Å². The van der Waals surface area contributed by atoms with E-state index in [0.717, 1.165) is 61.4 Å². The highest BCUT2D eigenvalue weighted by Gasteiger charge is 2.22. The van der Waals surface area contributed by atoms with Crippen molar-refractivity contribution >= 4 is 34.0 Å². The van der Waals surface area contributed by atoms with Gasteiger partial charge in [-0.1, -0.05) is 18.7 Å². The van der Waals surface area contributed by atoms with Gasteiger partial charge in [0, 0.05) is 11.4 Å². The fourth-order valence-electron chi connectivity index (χ4n) is 3.70. The van der Waals surface area contributed by atoms with E-state index in [0.29, 0.717) is 15.7 Å². The van der Waals surface area contributed by atoms with E-state index < -0.39 is 0 Å². The van der Waals surface area contributed by atoms with E-state index in [9.17, 15) is 10.1 Å². The van der Waals surface area contributed by atoms with E-state index in [-0.39, 0.29) is 11.7 Å². The third-order valence-corrected chi connectivity index (χ3v) is 7.31. The molecule has 156 valence electrons. The molecule has 1 N–H and O–H groups in total. The number of aryl methyl sites for hydroxylation is 2. The minimum atomic E-state index is -0.137. The van der Waals surface area contributed by atoms with E-state index >= 15 is 0 Å². The number of carbonyl (C=O) groups excluding carboxylic acids is 1. The second kappa shape index (κ2) is 9.06. The highest BCUT2D eigenvalue weighted by molar-refractivity contribution is 7.99. The largest absolute Gasteiger partial charge is 0.469 e. The smallest absolute Gasteiger partial charge is 0.235 e. The topological polar surface area (TPSA) is 96.7 Å². The van der Waals surface area contributed by atoms with Gasteiger partial charge in [-0.15, -0.1) is 21.5 Å². The summed E-state index contributed by atoms with van der Waals surface area (Å²) in [6, 6.07) is 4.17. The summed E-state index contributed by atoms with van der Waals surface area (Å²) in [6.07, 6.45) is 6.74. The standard InChI is InChI=1S/C21H23N5O2S2/c1-3-9-26-19(14-8-10-28-13(14)2)24-25-21(26)29-12-18(27)23-20-16(11-22)15-6-4-5-7-17(15)30-20/h8,10H,3-7,9,12H2,1-2H3,(H,23,27). The Morgan fingerprint density at radius 3 is 2.97 bits per heavy atom. The zero-order valence-corrected chi connectivity index (χ0v) is 18.7. The highest BCUT2D eigenvalue weighted by atomic mass is 32.2.